The van der Waals surface area contributed by atoms with Crippen molar-refractivity contribution in [3.8, 4) is 6.07 Å². The van der Waals surface area contributed by atoms with Gasteiger partial charge in [0.25, 0.3) is 0 Å². The fourth-order valence-corrected chi connectivity index (χ4v) is 1.18. The lowest BCUT2D eigenvalue weighted by Gasteiger charge is -2.07. The van der Waals surface area contributed by atoms with E-state index in [4.69, 9.17) is 21.6 Å². The van der Waals surface area contributed by atoms with Crippen molar-refractivity contribution in [2.45, 2.75) is 19.1 Å². The van der Waals surface area contributed by atoms with Gasteiger partial charge in [-0.15, -0.1) is 0 Å². The first-order valence-electron chi connectivity index (χ1n) is 4.59. The highest BCUT2D eigenvalue weighted by molar-refractivity contribution is 6.30. The normalized spacial score (nSPS) is 12.1. The Balaban J connectivity index is 2.26. The Hall–Kier alpha value is -1.08. The summed E-state index contributed by atoms with van der Waals surface area (Å²) in [4.78, 5) is 0. The molecule has 0 fully saturated rings. The molecular formula is C11H12ClNO2. The van der Waals surface area contributed by atoms with Crippen LogP contribution in [0.1, 0.15) is 12.0 Å². The van der Waals surface area contributed by atoms with Crippen LogP contribution in [0.2, 0.25) is 5.02 Å². The van der Waals surface area contributed by atoms with Crippen molar-refractivity contribution < 1.29 is 9.84 Å². The lowest BCUT2D eigenvalue weighted by molar-refractivity contribution is 0.0309. The maximum Gasteiger partial charge on any atom is 0.0903 e. The molecule has 0 aromatic heterocycles. The van der Waals surface area contributed by atoms with Crippen LogP contribution in [0, 0.1) is 11.3 Å². The van der Waals surface area contributed by atoms with E-state index in [0.717, 1.165) is 5.56 Å². The highest BCUT2D eigenvalue weighted by Gasteiger charge is 2.02. The van der Waals surface area contributed by atoms with Crippen LogP contribution in [0.3, 0.4) is 0 Å². The van der Waals surface area contributed by atoms with E-state index >= 15 is 0 Å². The summed E-state index contributed by atoms with van der Waals surface area (Å²) < 4.78 is 5.23. The maximum atomic E-state index is 9.20. The SMILES string of the molecule is N#CCC(O)COCc1ccc(Cl)cc1. The molecule has 1 atom stereocenters. The van der Waals surface area contributed by atoms with E-state index < -0.39 is 6.10 Å². The minimum atomic E-state index is -0.706. The van der Waals surface area contributed by atoms with Crippen LogP contribution in [-0.2, 0) is 11.3 Å². The first-order chi connectivity index (χ1) is 7.22. The molecule has 0 saturated heterocycles. The molecular weight excluding hydrogens is 214 g/mol. The summed E-state index contributed by atoms with van der Waals surface area (Å²) in [7, 11) is 0. The van der Waals surface area contributed by atoms with Crippen molar-refractivity contribution in [2.75, 3.05) is 6.61 Å². The molecule has 0 heterocycles. The molecule has 80 valence electrons. The topological polar surface area (TPSA) is 53.2 Å². The number of ether oxygens (including phenoxy) is 1. The van der Waals surface area contributed by atoms with Crippen molar-refractivity contribution in [3.63, 3.8) is 0 Å². The molecule has 0 saturated carbocycles. The molecule has 1 aromatic rings. The summed E-state index contributed by atoms with van der Waals surface area (Å²) in [5.41, 5.74) is 0.989. The van der Waals surface area contributed by atoms with Gasteiger partial charge in [-0.1, -0.05) is 23.7 Å². The second kappa shape index (κ2) is 6.41. The average molecular weight is 226 g/mol. The van der Waals surface area contributed by atoms with Crippen LogP contribution in [0.25, 0.3) is 0 Å². The number of rotatable bonds is 5. The number of halogens is 1. The molecule has 4 heteroatoms. The molecule has 1 N–H and O–H groups in total. The van der Waals surface area contributed by atoms with Gasteiger partial charge in [-0.2, -0.15) is 5.26 Å². The van der Waals surface area contributed by atoms with E-state index in [1.54, 1.807) is 12.1 Å². The largest absolute Gasteiger partial charge is 0.390 e. The first kappa shape index (κ1) is 12.0. The third-order valence-electron chi connectivity index (χ3n) is 1.82. The minimum absolute atomic E-state index is 0.0978. The van der Waals surface area contributed by atoms with Crippen LogP contribution in [0.5, 0.6) is 0 Å². The van der Waals surface area contributed by atoms with Crippen LogP contribution in [0.4, 0.5) is 0 Å². The molecule has 0 radical (unpaired) electrons. The van der Waals surface area contributed by atoms with Gasteiger partial charge in [0.2, 0.25) is 0 Å². The Morgan fingerprint density at radius 1 is 1.40 bits per heavy atom. The number of nitriles is 1. The predicted molar refractivity (Wildman–Crippen MR) is 57.3 cm³/mol. The molecule has 1 unspecified atom stereocenters. The molecule has 3 nitrogen and oxygen atoms in total. The van der Waals surface area contributed by atoms with Gasteiger partial charge in [-0.05, 0) is 17.7 Å². The molecule has 0 aliphatic carbocycles. The fraction of sp³-hybridized carbons (Fsp3) is 0.364. The first-order valence-corrected chi connectivity index (χ1v) is 4.97. The quantitative estimate of drug-likeness (QED) is 0.835. The predicted octanol–water partition coefficient (Wildman–Crippen LogP) is 2.13. The lowest BCUT2D eigenvalue weighted by atomic mass is 10.2. The highest BCUT2D eigenvalue weighted by Crippen LogP contribution is 2.10. The third-order valence-corrected chi connectivity index (χ3v) is 2.07. The van der Waals surface area contributed by atoms with Crippen LogP contribution in [-0.4, -0.2) is 17.8 Å². The molecule has 0 aliphatic heterocycles. The monoisotopic (exact) mass is 225 g/mol. The standard InChI is InChI=1S/C11H12ClNO2/c12-10-3-1-9(2-4-10)7-15-8-11(14)5-6-13/h1-4,11,14H,5,7-8H2. The maximum absolute atomic E-state index is 9.20. The Bertz CT molecular complexity index is 331. The average Bonchev–Trinajstić information content (AvgIpc) is 2.21. The van der Waals surface area contributed by atoms with Gasteiger partial charge in [0, 0.05) is 5.02 Å². The number of hydrogen-bond acceptors (Lipinski definition) is 3. The van der Waals surface area contributed by atoms with Gasteiger partial charge in [0.05, 0.1) is 31.8 Å². The Labute approximate surface area is 93.9 Å². The van der Waals surface area contributed by atoms with Gasteiger partial charge in [0.15, 0.2) is 0 Å². The summed E-state index contributed by atoms with van der Waals surface area (Å²) in [6, 6.07) is 9.16. The van der Waals surface area contributed by atoms with Crippen molar-refractivity contribution in [1.82, 2.24) is 0 Å². The molecule has 0 spiro atoms. The highest BCUT2D eigenvalue weighted by atomic mass is 35.5. The van der Waals surface area contributed by atoms with E-state index in [1.165, 1.54) is 0 Å². The van der Waals surface area contributed by atoms with Crippen molar-refractivity contribution in [1.29, 1.82) is 5.26 Å². The van der Waals surface area contributed by atoms with E-state index in [2.05, 4.69) is 0 Å². The van der Waals surface area contributed by atoms with E-state index in [-0.39, 0.29) is 13.0 Å². The Kier molecular flexibility index (Phi) is 5.13. The zero-order chi connectivity index (χ0) is 11.1. The van der Waals surface area contributed by atoms with E-state index in [9.17, 15) is 5.11 Å². The van der Waals surface area contributed by atoms with Gasteiger partial charge < -0.3 is 9.84 Å². The Morgan fingerprint density at radius 3 is 2.67 bits per heavy atom. The van der Waals surface area contributed by atoms with Crippen LogP contribution < -0.4 is 0 Å². The number of benzene rings is 1. The number of hydrogen-bond donors (Lipinski definition) is 1. The zero-order valence-electron chi connectivity index (χ0n) is 8.19. The molecule has 0 bridgehead atoms. The number of aliphatic hydroxyl groups is 1. The third kappa shape index (κ3) is 4.80. The summed E-state index contributed by atoms with van der Waals surface area (Å²) in [5.74, 6) is 0. The van der Waals surface area contributed by atoms with Crippen molar-refractivity contribution >= 4 is 11.6 Å². The summed E-state index contributed by atoms with van der Waals surface area (Å²) in [6.07, 6.45) is -0.608. The summed E-state index contributed by atoms with van der Waals surface area (Å²) in [5, 5.41) is 18.2. The minimum Gasteiger partial charge on any atom is -0.390 e. The molecule has 15 heavy (non-hydrogen) atoms. The van der Waals surface area contributed by atoms with Gasteiger partial charge in [-0.3, -0.25) is 0 Å². The van der Waals surface area contributed by atoms with Crippen molar-refractivity contribution in [2.24, 2.45) is 0 Å². The number of aliphatic hydroxyl groups excluding tert-OH is 1. The molecule has 0 amide bonds. The number of nitrogens with zero attached hydrogens (tertiary/aromatic N) is 1. The summed E-state index contributed by atoms with van der Waals surface area (Å²) >= 11 is 5.72. The van der Waals surface area contributed by atoms with Crippen LogP contribution in [0.15, 0.2) is 24.3 Å². The second-order valence-electron chi connectivity index (χ2n) is 3.16. The van der Waals surface area contributed by atoms with Crippen molar-refractivity contribution in [3.05, 3.63) is 34.9 Å². The Morgan fingerprint density at radius 2 is 2.07 bits per heavy atom. The van der Waals surface area contributed by atoms with Gasteiger partial charge in [0.1, 0.15) is 0 Å². The van der Waals surface area contributed by atoms with E-state index in [0.29, 0.717) is 11.6 Å². The smallest absolute Gasteiger partial charge is 0.0903 e. The summed E-state index contributed by atoms with van der Waals surface area (Å²) in [6.45, 7) is 0.593. The molecule has 1 rings (SSSR count). The fourth-order valence-electron chi connectivity index (χ4n) is 1.06. The molecule has 1 aromatic carbocycles. The lowest BCUT2D eigenvalue weighted by Crippen LogP contribution is -2.14. The van der Waals surface area contributed by atoms with E-state index in [1.807, 2.05) is 18.2 Å². The van der Waals surface area contributed by atoms with Gasteiger partial charge in [-0.25, -0.2) is 0 Å². The molecule has 0 aliphatic rings. The second-order valence-corrected chi connectivity index (χ2v) is 3.59. The zero-order valence-corrected chi connectivity index (χ0v) is 8.94. The van der Waals surface area contributed by atoms with Crippen LogP contribution >= 0.6 is 11.6 Å². The van der Waals surface area contributed by atoms with Gasteiger partial charge >= 0.3 is 0 Å².